The number of benzene rings is 1. The first-order valence-corrected chi connectivity index (χ1v) is 7.63. The van der Waals surface area contributed by atoms with Gasteiger partial charge < -0.3 is 19.9 Å². The fraction of sp³-hybridized carbons (Fsp3) is 0.600. The highest BCUT2D eigenvalue weighted by Gasteiger charge is 2.10. The molecule has 0 fully saturated rings. The quantitative estimate of drug-likeness (QED) is 0.675. The summed E-state index contributed by atoms with van der Waals surface area (Å²) in [4.78, 5) is 0. The molecule has 0 amide bonds. The van der Waals surface area contributed by atoms with Crippen LogP contribution in [0.2, 0.25) is 0 Å². The second kappa shape index (κ2) is 9.21. The first kappa shape index (κ1) is 17.3. The van der Waals surface area contributed by atoms with Gasteiger partial charge in [-0.2, -0.15) is 0 Å². The van der Waals surface area contributed by atoms with Crippen LogP contribution in [0.4, 0.5) is 0 Å². The van der Waals surface area contributed by atoms with E-state index in [0.717, 1.165) is 41.7 Å². The highest BCUT2D eigenvalue weighted by molar-refractivity contribution is 9.10. The zero-order chi connectivity index (χ0) is 15.0. The van der Waals surface area contributed by atoms with Crippen molar-refractivity contribution in [2.75, 3.05) is 27.4 Å². The molecular weight excluding hydrogens is 322 g/mol. The summed E-state index contributed by atoms with van der Waals surface area (Å²) in [5.74, 6) is 1.83. The zero-order valence-corrected chi connectivity index (χ0v) is 14.0. The van der Waals surface area contributed by atoms with Crippen LogP contribution in [0.25, 0.3) is 0 Å². The van der Waals surface area contributed by atoms with Gasteiger partial charge in [-0.25, -0.2) is 0 Å². The van der Waals surface area contributed by atoms with E-state index in [4.69, 9.17) is 14.6 Å². The van der Waals surface area contributed by atoms with E-state index in [2.05, 4.69) is 28.2 Å². The molecule has 0 spiro atoms. The average Bonchev–Trinajstić information content (AvgIpc) is 2.45. The van der Waals surface area contributed by atoms with Crippen LogP contribution in [0, 0.1) is 5.92 Å². The number of aliphatic hydroxyl groups is 1. The van der Waals surface area contributed by atoms with Crippen LogP contribution in [0.3, 0.4) is 0 Å². The Balaban J connectivity index is 2.46. The summed E-state index contributed by atoms with van der Waals surface area (Å²) in [7, 11) is 3.26. The molecule has 1 aromatic rings. The third-order valence-corrected chi connectivity index (χ3v) is 3.77. The maximum Gasteiger partial charge on any atom is 0.174 e. The Labute approximate surface area is 129 Å². The van der Waals surface area contributed by atoms with Gasteiger partial charge in [-0.05, 0) is 58.9 Å². The first-order valence-electron chi connectivity index (χ1n) is 6.84. The second-order valence-electron chi connectivity index (χ2n) is 4.92. The molecule has 0 saturated carbocycles. The van der Waals surface area contributed by atoms with Gasteiger partial charge in [-0.1, -0.05) is 6.92 Å². The van der Waals surface area contributed by atoms with Crippen molar-refractivity contribution >= 4 is 15.9 Å². The summed E-state index contributed by atoms with van der Waals surface area (Å²) in [6, 6.07) is 4.01. The Hall–Kier alpha value is -0.780. The number of nitrogens with one attached hydrogen (secondary N) is 1. The average molecular weight is 346 g/mol. The molecule has 1 unspecified atom stereocenters. The number of halogens is 1. The fourth-order valence-corrected chi connectivity index (χ4v) is 2.62. The maximum atomic E-state index is 8.96. The molecule has 1 aromatic carbocycles. The Morgan fingerprint density at radius 1 is 1.30 bits per heavy atom. The van der Waals surface area contributed by atoms with Crippen molar-refractivity contribution in [1.82, 2.24) is 5.32 Å². The van der Waals surface area contributed by atoms with Crippen LogP contribution in [0.1, 0.15) is 25.3 Å². The highest BCUT2D eigenvalue weighted by atomic mass is 79.9. The van der Waals surface area contributed by atoms with E-state index in [9.17, 15) is 0 Å². The van der Waals surface area contributed by atoms with Crippen LogP contribution < -0.4 is 14.8 Å². The molecule has 4 nitrogen and oxygen atoms in total. The molecule has 1 rings (SSSR count). The predicted octanol–water partition coefficient (Wildman–Crippen LogP) is 2.96. The second-order valence-corrected chi connectivity index (χ2v) is 5.77. The Kier molecular flexibility index (Phi) is 7.95. The summed E-state index contributed by atoms with van der Waals surface area (Å²) >= 11 is 3.49. The number of hydrogen-bond donors (Lipinski definition) is 2. The van der Waals surface area contributed by atoms with E-state index < -0.39 is 0 Å². The molecule has 1 atom stereocenters. The monoisotopic (exact) mass is 345 g/mol. The van der Waals surface area contributed by atoms with Crippen molar-refractivity contribution in [3.63, 3.8) is 0 Å². The molecular formula is C15H24BrNO3. The lowest BCUT2D eigenvalue weighted by atomic mass is 10.1. The molecule has 20 heavy (non-hydrogen) atoms. The smallest absolute Gasteiger partial charge is 0.174 e. The van der Waals surface area contributed by atoms with Crippen molar-refractivity contribution in [3.05, 3.63) is 22.2 Å². The van der Waals surface area contributed by atoms with E-state index in [1.165, 1.54) is 0 Å². The Morgan fingerprint density at radius 2 is 2.05 bits per heavy atom. The molecule has 5 heteroatoms. The van der Waals surface area contributed by atoms with Crippen molar-refractivity contribution in [2.24, 2.45) is 5.92 Å². The van der Waals surface area contributed by atoms with Crippen molar-refractivity contribution < 1.29 is 14.6 Å². The van der Waals surface area contributed by atoms with Crippen LogP contribution >= 0.6 is 15.9 Å². The molecule has 0 aliphatic rings. The summed E-state index contributed by atoms with van der Waals surface area (Å²) < 4.78 is 11.5. The number of methoxy groups -OCH3 is 2. The van der Waals surface area contributed by atoms with Gasteiger partial charge in [0, 0.05) is 13.2 Å². The van der Waals surface area contributed by atoms with Gasteiger partial charge in [-0.15, -0.1) is 0 Å². The summed E-state index contributed by atoms with van der Waals surface area (Å²) in [6.45, 7) is 4.05. The number of aliphatic hydroxyl groups excluding tert-OH is 1. The molecule has 0 aromatic heterocycles. The minimum Gasteiger partial charge on any atom is -0.493 e. The van der Waals surface area contributed by atoms with Crippen LogP contribution in [0.15, 0.2) is 16.6 Å². The summed E-state index contributed by atoms with van der Waals surface area (Å²) in [5.41, 5.74) is 1.14. The van der Waals surface area contributed by atoms with E-state index in [-0.39, 0.29) is 6.61 Å². The molecule has 0 radical (unpaired) electrons. The van der Waals surface area contributed by atoms with Crippen LogP contribution in [-0.2, 0) is 6.54 Å². The lowest BCUT2D eigenvalue weighted by molar-refractivity contribution is 0.228. The Bertz CT molecular complexity index is 412. The normalized spacial score (nSPS) is 12.2. The third kappa shape index (κ3) is 5.31. The zero-order valence-electron chi connectivity index (χ0n) is 12.4. The van der Waals surface area contributed by atoms with E-state index >= 15 is 0 Å². The van der Waals surface area contributed by atoms with E-state index in [1.54, 1.807) is 14.2 Å². The van der Waals surface area contributed by atoms with Crippen molar-refractivity contribution in [2.45, 2.75) is 26.3 Å². The number of rotatable bonds is 9. The highest BCUT2D eigenvalue weighted by Crippen LogP contribution is 2.36. The van der Waals surface area contributed by atoms with Gasteiger partial charge in [0.15, 0.2) is 11.5 Å². The molecule has 114 valence electrons. The van der Waals surface area contributed by atoms with Crippen LogP contribution in [-0.4, -0.2) is 32.5 Å². The predicted molar refractivity (Wildman–Crippen MR) is 84.4 cm³/mol. The molecule has 2 N–H and O–H groups in total. The van der Waals surface area contributed by atoms with Gasteiger partial charge in [0.05, 0.1) is 18.7 Å². The van der Waals surface area contributed by atoms with Gasteiger partial charge in [0.25, 0.3) is 0 Å². The number of ether oxygens (including phenoxy) is 2. The summed E-state index contributed by atoms with van der Waals surface area (Å²) in [6.07, 6.45) is 2.11. The van der Waals surface area contributed by atoms with Gasteiger partial charge in [0.1, 0.15) is 0 Å². The Morgan fingerprint density at radius 3 is 2.65 bits per heavy atom. The largest absolute Gasteiger partial charge is 0.493 e. The van der Waals surface area contributed by atoms with Crippen molar-refractivity contribution in [1.29, 1.82) is 0 Å². The van der Waals surface area contributed by atoms with Gasteiger partial charge >= 0.3 is 0 Å². The lowest BCUT2D eigenvalue weighted by Crippen LogP contribution is -2.16. The molecule has 0 saturated heterocycles. The minimum atomic E-state index is 0.266. The third-order valence-electron chi connectivity index (χ3n) is 3.18. The fourth-order valence-electron chi connectivity index (χ4n) is 1.97. The van der Waals surface area contributed by atoms with Crippen molar-refractivity contribution in [3.8, 4) is 11.5 Å². The summed E-state index contributed by atoms with van der Waals surface area (Å²) in [5, 5.41) is 12.4. The molecule has 0 aliphatic heterocycles. The topological polar surface area (TPSA) is 50.7 Å². The minimum absolute atomic E-state index is 0.266. The molecule has 0 bridgehead atoms. The SMILES string of the molecule is COc1cc(CNCCCC(C)CO)cc(Br)c1OC. The lowest BCUT2D eigenvalue weighted by Gasteiger charge is -2.13. The van der Waals surface area contributed by atoms with E-state index in [1.807, 2.05) is 12.1 Å². The van der Waals surface area contributed by atoms with Gasteiger partial charge in [-0.3, -0.25) is 0 Å². The van der Waals surface area contributed by atoms with Gasteiger partial charge in [0.2, 0.25) is 0 Å². The molecule has 0 heterocycles. The first-order chi connectivity index (χ1) is 9.62. The number of hydrogen-bond acceptors (Lipinski definition) is 4. The molecule has 0 aliphatic carbocycles. The van der Waals surface area contributed by atoms with E-state index in [0.29, 0.717) is 11.7 Å². The van der Waals surface area contributed by atoms with Crippen LogP contribution in [0.5, 0.6) is 11.5 Å². The standard InChI is InChI=1S/C15H24BrNO3/c1-11(10-18)5-4-6-17-9-12-7-13(16)15(20-3)14(8-12)19-2/h7-8,11,17-18H,4-6,9-10H2,1-3H3. The maximum absolute atomic E-state index is 8.96.